The van der Waals surface area contributed by atoms with Crippen molar-refractivity contribution in [3.63, 3.8) is 0 Å². The van der Waals surface area contributed by atoms with Gasteiger partial charge in [-0.25, -0.2) is 9.79 Å². The molecule has 0 bridgehead atoms. The van der Waals surface area contributed by atoms with Crippen LogP contribution in [0.1, 0.15) is 31.0 Å². The Kier molecular flexibility index (Phi) is 8.27. The van der Waals surface area contributed by atoms with Crippen LogP contribution in [0.5, 0.6) is 23.0 Å². The van der Waals surface area contributed by atoms with Gasteiger partial charge in [0.1, 0.15) is 23.0 Å². The van der Waals surface area contributed by atoms with Crippen LogP contribution in [0.2, 0.25) is 0 Å². The van der Waals surface area contributed by atoms with E-state index in [2.05, 4.69) is 20.9 Å². The van der Waals surface area contributed by atoms with E-state index >= 15 is 0 Å². The normalized spacial score (nSPS) is 15.0. The monoisotopic (exact) mass is 602 g/mol. The van der Waals surface area contributed by atoms with Gasteiger partial charge in [0.2, 0.25) is 0 Å². The zero-order chi connectivity index (χ0) is 27.6. The fourth-order valence-electron chi connectivity index (χ4n) is 4.27. The first-order valence-electron chi connectivity index (χ1n) is 11.6. The maximum Gasteiger partial charge on any atom is 0.338 e. The van der Waals surface area contributed by atoms with E-state index in [1.807, 2.05) is 12.1 Å². The first kappa shape index (κ1) is 27.5. The number of ether oxygens (including phenoxy) is 5. The Hall–Kier alpha value is -3.57. The minimum absolute atomic E-state index is 0.191. The van der Waals surface area contributed by atoms with E-state index in [4.69, 9.17) is 23.7 Å². The van der Waals surface area contributed by atoms with Gasteiger partial charge in [-0.2, -0.15) is 0 Å². The van der Waals surface area contributed by atoms with Gasteiger partial charge in [0, 0.05) is 12.1 Å². The highest BCUT2D eigenvalue weighted by molar-refractivity contribution is 9.10. The van der Waals surface area contributed by atoms with Crippen LogP contribution in [-0.4, -0.2) is 45.6 Å². The van der Waals surface area contributed by atoms with Crippen molar-refractivity contribution in [3.8, 4) is 23.0 Å². The van der Waals surface area contributed by atoms with Crippen LogP contribution in [-0.2, 0) is 9.53 Å². The molecule has 9 nitrogen and oxygen atoms in total. The number of hydrogen-bond acceptors (Lipinski definition) is 9. The average molecular weight is 603 g/mol. The second kappa shape index (κ2) is 11.4. The van der Waals surface area contributed by atoms with E-state index in [1.54, 1.807) is 52.3 Å². The van der Waals surface area contributed by atoms with E-state index in [1.165, 1.54) is 30.1 Å². The van der Waals surface area contributed by atoms with E-state index in [-0.39, 0.29) is 12.2 Å². The third-order valence-corrected chi connectivity index (χ3v) is 7.64. The summed E-state index contributed by atoms with van der Waals surface area (Å²) in [5.41, 5.74) is 1.73. The van der Waals surface area contributed by atoms with Gasteiger partial charge in [0.25, 0.3) is 5.56 Å². The number of halogens is 1. The summed E-state index contributed by atoms with van der Waals surface area (Å²) in [7, 11) is 6.18. The fourth-order valence-corrected chi connectivity index (χ4v) is 5.85. The molecule has 0 fully saturated rings. The lowest BCUT2D eigenvalue weighted by Gasteiger charge is -2.25. The number of carbonyl (C=O) groups is 1. The van der Waals surface area contributed by atoms with Crippen molar-refractivity contribution < 1.29 is 28.5 Å². The molecule has 0 unspecified atom stereocenters. The van der Waals surface area contributed by atoms with Crippen LogP contribution in [0.3, 0.4) is 0 Å². The standard InChI is InChI=1S/C27H27BrN2O7S/c1-7-37-26(32)23-14(2)29-27-30(24(23)15-8-9-19(34-4)18(28)10-15)25(31)22(38-27)13-17-20(35-5)11-16(33-3)12-21(17)36-6/h8-13,24H,7H2,1-6H3/b22-13+/t24-/m0/s1. The Morgan fingerprint density at radius 2 is 1.71 bits per heavy atom. The number of carbonyl (C=O) groups excluding carboxylic acids is 1. The van der Waals surface area contributed by atoms with E-state index in [0.717, 1.165) is 0 Å². The molecular formula is C27H27BrN2O7S. The first-order chi connectivity index (χ1) is 18.3. The Labute approximate surface area is 231 Å². The second-order valence-electron chi connectivity index (χ2n) is 8.14. The number of fused-ring (bicyclic) bond motifs is 1. The lowest BCUT2D eigenvalue weighted by Crippen LogP contribution is -2.40. The number of allylic oxidation sites excluding steroid dienone is 1. The Morgan fingerprint density at radius 3 is 2.26 bits per heavy atom. The number of rotatable bonds is 8. The van der Waals surface area contributed by atoms with Crippen molar-refractivity contribution in [2.75, 3.05) is 35.0 Å². The summed E-state index contributed by atoms with van der Waals surface area (Å²) in [6.45, 7) is 3.66. The number of hydrogen-bond donors (Lipinski definition) is 0. The number of methoxy groups -OCH3 is 4. The molecule has 1 aromatic heterocycles. The molecule has 0 saturated carbocycles. The van der Waals surface area contributed by atoms with Gasteiger partial charge >= 0.3 is 5.97 Å². The van der Waals surface area contributed by atoms with E-state index in [0.29, 0.717) is 59.2 Å². The Morgan fingerprint density at radius 1 is 1.05 bits per heavy atom. The summed E-state index contributed by atoms with van der Waals surface area (Å²) < 4.78 is 29.8. The summed E-state index contributed by atoms with van der Waals surface area (Å²) in [5.74, 6) is 1.60. The van der Waals surface area contributed by atoms with Gasteiger partial charge in [0.15, 0.2) is 4.80 Å². The van der Waals surface area contributed by atoms with Crippen molar-refractivity contribution in [1.82, 2.24) is 4.57 Å². The lowest BCUT2D eigenvalue weighted by molar-refractivity contribution is -0.139. The van der Waals surface area contributed by atoms with Crippen LogP contribution >= 0.6 is 27.3 Å². The largest absolute Gasteiger partial charge is 0.496 e. The van der Waals surface area contributed by atoms with Crippen LogP contribution in [0.15, 0.2) is 55.9 Å². The molecule has 1 atom stereocenters. The topological polar surface area (TPSA) is 97.6 Å². The van der Waals surface area contributed by atoms with Crippen molar-refractivity contribution in [2.45, 2.75) is 19.9 Å². The quantitative estimate of drug-likeness (QED) is 0.363. The van der Waals surface area contributed by atoms with Gasteiger partial charge in [-0.15, -0.1) is 0 Å². The zero-order valence-electron chi connectivity index (χ0n) is 21.8. The minimum atomic E-state index is -0.755. The highest BCUT2D eigenvalue weighted by Gasteiger charge is 2.33. The van der Waals surface area contributed by atoms with Crippen molar-refractivity contribution >= 4 is 39.3 Å². The molecule has 2 heterocycles. The molecule has 3 aromatic rings. The zero-order valence-corrected chi connectivity index (χ0v) is 24.2. The van der Waals surface area contributed by atoms with Gasteiger partial charge in [-0.05, 0) is 53.5 Å². The number of thiazole rings is 1. The summed E-state index contributed by atoms with van der Waals surface area (Å²) in [5, 5.41) is 0. The summed E-state index contributed by atoms with van der Waals surface area (Å²) in [6.07, 6.45) is 1.70. The smallest absolute Gasteiger partial charge is 0.338 e. The third kappa shape index (κ3) is 4.95. The highest BCUT2D eigenvalue weighted by atomic mass is 79.9. The van der Waals surface area contributed by atoms with Crippen LogP contribution in [0.25, 0.3) is 6.08 Å². The Balaban J connectivity index is 2.00. The fraction of sp³-hybridized carbons (Fsp3) is 0.296. The molecule has 1 aliphatic heterocycles. The molecule has 0 spiro atoms. The summed E-state index contributed by atoms with van der Waals surface area (Å²) in [6, 6.07) is 8.10. The van der Waals surface area contributed by atoms with Crippen molar-refractivity contribution in [1.29, 1.82) is 0 Å². The number of esters is 1. The van der Waals surface area contributed by atoms with E-state index < -0.39 is 12.0 Å². The van der Waals surface area contributed by atoms with Crippen LogP contribution < -0.4 is 33.8 Å². The van der Waals surface area contributed by atoms with E-state index in [9.17, 15) is 9.59 Å². The third-order valence-electron chi connectivity index (χ3n) is 6.04. The maximum atomic E-state index is 13.9. The molecule has 200 valence electrons. The Bertz CT molecular complexity index is 1580. The average Bonchev–Trinajstić information content (AvgIpc) is 3.21. The molecule has 4 rings (SSSR count). The molecule has 0 amide bonds. The molecule has 2 aromatic carbocycles. The minimum Gasteiger partial charge on any atom is -0.496 e. The van der Waals surface area contributed by atoms with Gasteiger partial charge < -0.3 is 23.7 Å². The number of nitrogens with zero attached hydrogens (tertiary/aromatic N) is 2. The molecule has 38 heavy (non-hydrogen) atoms. The molecule has 1 aliphatic rings. The molecule has 11 heteroatoms. The molecule has 0 saturated heterocycles. The molecule has 0 aliphatic carbocycles. The summed E-state index contributed by atoms with van der Waals surface area (Å²) >= 11 is 4.73. The maximum absolute atomic E-state index is 13.9. The molecule has 0 radical (unpaired) electrons. The van der Waals surface area contributed by atoms with Crippen molar-refractivity contribution in [2.24, 2.45) is 4.99 Å². The SMILES string of the molecule is CCOC(=O)C1=C(C)N=c2s/c(=C/c3c(OC)cc(OC)cc3OC)c(=O)n2[C@H]1c1ccc(OC)c(Br)c1. The van der Waals surface area contributed by atoms with Crippen LogP contribution in [0, 0.1) is 0 Å². The second-order valence-corrected chi connectivity index (χ2v) is 10.0. The molecular weight excluding hydrogens is 576 g/mol. The predicted octanol–water partition coefficient (Wildman–Crippen LogP) is 3.60. The molecule has 0 N–H and O–H groups in total. The van der Waals surface area contributed by atoms with Gasteiger partial charge in [-0.3, -0.25) is 9.36 Å². The summed E-state index contributed by atoms with van der Waals surface area (Å²) in [4.78, 5) is 32.1. The van der Waals surface area contributed by atoms with Crippen LogP contribution in [0.4, 0.5) is 0 Å². The number of benzene rings is 2. The van der Waals surface area contributed by atoms with Crippen molar-refractivity contribution in [3.05, 3.63) is 76.9 Å². The lowest BCUT2D eigenvalue weighted by atomic mass is 9.96. The first-order valence-corrected chi connectivity index (χ1v) is 13.2. The highest BCUT2D eigenvalue weighted by Crippen LogP contribution is 2.36. The van der Waals surface area contributed by atoms with Gasteiger partial charge in [-0.1, -0.05) is 17.4 Å². The van der Waals surface area contributed by atoms with Gasteiger partial charge in [0.05, 0.1) is 66.9 Å². The number of aromatic nitrogens is 1. The predicted molar refractivity (Wildman–Crippen MR) is 147 cm³/mol.